The normalized spacial score (nSPS) is 10.7. The summed E-state index contributed by atoms with van der Waals surface area (Å²) >= 11 is 0. The molecule has 2 aromatic rings. The zero-order valence-corrected chi connectivity index (χ0v) is 8.41. The molecule has 0 saturated carbocycles. The van der Waals surface area contributed by atoms with E-state index in [1.165, 1.54) is 5.56 Å². The molecule has 0 aliphatic carbocycles. The number of hydrogen-bond donors (Lipinski definition) is 1. The Morgan fingerprint density at radius 2 is 2.07 bits per heavy atom. The third-order valence-electron chi connectivity index (χ3n) is 2.38. The Hall–Kier alpha value is -1.64. The first-order chi connectivity index (χ1) is 6.70. The summed E-state index contributed by atoms with van der Waals surface area (Å²) < 4.78 is 0. The lowest BCUT2D eigenvalue weighted by atomic mass is 10.1. The number of aromatic nitrogens is 2. The molecule has 14 heavy (non-hydrogen) atoms. The highest BCUT2D eigenvalue weighted by atomic mass is 15.0. The zero-order chi connectivity index (χ0) is 10.1. The fraction of sp³-hybridized carbons (Fsp3) is 0.273. The second kappa shape index (κ2) is 3.25. The van der Waals surface area contributed by atoms with Crippen molar-refractivity contribution < 1.29 is 0 Å². The molecule has 0 unspecified atom stereocenters. The lowest BCUT2D eigenvalue weighted by molar-refractivity contribution is 1.13. The van der Waals surface area contributed by atoms with Crippen molar-refractivity contribution in [3.8, 4) is 0 Å². The number of nitrogens with zero attached hydrogens (tertiary/aromatic N) is 2. The SMILES string of the molecule is CCc1ccc2nc(N)nc(C)c2c1. The van der Waals surface area contributed by atoms with Crippen LogP contribution in [-0.4, -0.2) is 9.97 Å². The van der Waals surface area contributed by atoms with E-state index in [1.807, 2.05) is 13.0 Å². The molecule has 0 aliphatic heterocycles. The third kappa shape index (κ3) is 1.41. The molecule has 1 heterocycles. The van der Waals surface area contributed by atoms with Gasteiger partial charge in [0.15, 0.2) is 0 Å². The van der Waals surface area contributed by atoms with Crippen LogP contribution in [0.3, 0.4) is 0 Å². The quantitative estimate of drug-likeness (QED) is 0.743. The second-order valence-corrected chi connectivity index (χ2v) is 3.37. The van der Waals surface area contributed by atoms with Crippen molar-refractivity contribution in [1.82, 2.24) is 9.97 Å². The van der Waals surface area contributed by atoms with Crippen LogP contribution < -0.4 is 5.73 Å². The number of rotatable bonds is 1. The van der Waals surface area contributed by atoms with Gasteiger partial charge < -0.3 is 5.73 Å². The van der Waals surface area contributed by atoms with Crippen LogP contribution in [-0.2, 0) is 6.42 Å². The van der Waals surface area contributed by atoms with Crippen molar-refractivity contribution in [2.75, 3.05) is 5.73 Å². The highest BCUT2D eigenvalue weighted by molar-refractivity contribution is 5.82. The molecule has 3 nitrogen and oxygen atoms in total. The summed E-state index contributed by atoms with van der Waals surface area (Å²) in [7, 11) is 0. The molecule has 0 fully saturated rings. The molecule has 0 radical (unpaired) electrons. The number of benzene rings is 1. The summed E-state index contributed by atoms with van der Waals surface area (Å²) in [6.07, 6.45) is 1.03. The van der Waals surface area contributed by atoms with Gasteiger partial charge in [0.25, 0.3) is 0 Å². The summed E-state index contributed by atoms with van der Waals surface area (Å²) in [5, 5.41) is 1.10. The highest BCUT2D eigenvalue weighted by Gasteiger charge is 2.02. The summed E-state index contributed by atoms with van der Waals surface area (Å²) in [4.78, 5) is 8.32. The van der Waals surface area contributed by atoms with E-state index in [0.717, 1.165) is 23.0 Å². The maximum absolute atomic E-state index is 5.57. The van der Waals surface area contributed by atoms with Gasteiger partial charge in [0.05, 0.1) is 11.2 Å². The number of nitrogens with two attached hydrogens (primary N) is 1. The molecule has 0 atom stereocenters. The predicted molar refractivity (Wildman–Crippen MR) is 58.1 cm³/mol. The summed E-state index contributed by atoms with van der Waals surface area (Å²) in [6, 6.07) is 6.21. The van der Waals surface area contributed by atoms with Crippen LogP contribution in [0.15, 0.2) is 18.2 Å². The van der Waals surface area contributed by atoms with Crippen LogP contribution in [0.4, 0.5) is 5.95 Å². The molecule has 2 N–H and O–H groups in total. The van der Waals surface area contributed by atoms with Crippen molar-refractivity contribution in [1.29, 1.82) is 0 Å². The van der Waals surface area contributed by atoms with Crippen molar-refractivity contribution in [3.05, 3.63) is 29.5 Å². The molecule has 2 rings (SSSR count). The van der Waals surface area contributed by atoms with E-state index in [0.29, 0.717) is 5.95 Å². The van der Waals surface area contributed by atoms with Gasteiger partial charge in [-0.05, 0) is 31.0 Å². The maximum Gasteiger partial charge on any atom is 0.220 e. The smallest absolute Gasteiger partial charge is 0.220 e. The minimum atomic E-state index is 0.347. The Balaban J connectivity index is 2.75. The molecule has 0 spiro atoms. The molecule has 0 amide bonds. The first-order valence-corrected chi connectivity index (χ1v) is 4.73. The van der Waals surface area contributed by atoms with E-state index >= 15 is 0 Å². The topological polar surface area (TPSA) is 51.8 Å². The standard InChI is InChI=1S/C11H13N3/c1-3-8-4-5-10-9(6-8)7(2)13-11(12)14-10/h4-6H,3H2,1-2H3,(H2,12,13,14). The van der Waals surface area contributed by atoms with Gasteiger partial charge in [-0.1, -0.05) is 13.0 Å². The molecular weight excluding hydrogens is 174 g/mol. The summed E-state index contributed by atoms with van der Waals surface area (Å²) in [5.74, 6) is 0.347. The Morgan fingerprint density at radius 3 is 2.79 bits per heavy atom. The average Bonchev–Trinajstić information content (AvgIpc) is 2.17. The third-order valence-corrected chi connectivity index (χ3v) is 2.38. The monoisotopic (exact) mass is 187 g/mol. The van der Waals surface area contributed by atoms with Crippen LogP contribution in [0.2, 0.25) is 0 Å². The van der Waals surface area contributed by atoms with Crippen molar-refractivity contribution in [2.45, 2.75) is 20.3 Å². The molecule has 0 bridgehead atoms. The zero-order valence-electron chi connectivity index (χ0n) is 8.41. The summed E-state index contributed by atoms with van der Waals surface area (Å²) in [6.45, 7) is 4.09. The molecule has 72 valence electrons. The van der Waals surface area contributed by atoms with Gasteiger partial charge in [0, 0.05) is 5.39 Å². The van der Waals surface area contributed by atoms with Crippen LogP contribution in [0.1, 0.15) is 18.2 Å². The van der Waals surface area contributed by atoms with E-state index in [-0.39, 0.29) is 0 Å². The Kier molecular flexibility index (Phi) is 2.08. The lowest BCUT2D eigenvalue weighted by Gasteiger charge is -2.04. The predicted octanol–water partition coefficient (Wildman–Crippen LogP) is 2.08. The molecule has 3 heteroatoms. The molecule has 0 aliphatic rings. The number of fused-ring (bicyclic) bond motifs is 1. The minimum Gasteiger partial charge on any atom is -0.368 e. The van der Waals surface area contributed by atoms with Gasteiger partial charge in [-0.15, -0.1) is 0 Å². The summed E-state index contributed by atoms with van der Waals surface area (Å²) in [5.41, 5.74) is 8.74. The van der Waals surface area contributed by atoms with Gasteiger partial charge in [-0.25, -0.2) is 9.97 Å². The molecule has 0 saturated heterocycles. The van der Waals surface area contributed by atoms with Crippen LogP contribution in [0.25, 0.3) is 10.9 Å². The van der Waals surface area contributed by atoms with Gasteiger partial charge >= 0.3 is 0 Å². The van der Waals surface area contributed by atoms with Crippen LogP contribution in [0, 0.1) is 6.92 Å². The van der Waals surface area contributed by atoms with Crippen LogP contribution in [0.5, 0.6) is 0 Å². The van der Waals surface area contributed by atoms with Gasteiger partial charge in [0.1, 0.15) is 0 Å². The fourth-order valence-corrected chi connectivity index (χ4v) is 1.57. The number of hydrogen-bond acceptors (Lipinski definition) is 3. The Morgan fingerprint density at radius 1 is 1.29 bits per heavy atom. The molecular formula is C11H13N3. The minimum absolute atomic E-state index is 0.347. The highest BCUT2D eigenvalue weighted by Crippen LogP contribution is 2.18. The fourth-order valence-electron chi connectivity index (χ4n) is 1.57. The van der Waals surface area contributed by atoms with E-state index in [1.54, 1.807) is 0 Å². The van der Waals surface area contributed by atoms with E-state index in [4.69, 9.17) is 5.73 Å². The average molecular weight is 187 g/mol. The van der Waals surface area contributed by atoms with Crippen molar-refractivity contribution in [3.63, 3.8) is 0 Å². The van der Waals surface area contributed by atoms with E-state index in [2.05, 4.69) is 29.0 Å². The van der Waals surface area contributed by atoms with Gasteiger partial charge in [-0.3, -0.25) is 0 Å². The van der Waals surface area contributed by atoms with Gasteiger partial charge in [0.2, 0.25) is 5.95 Å². The number of anilines is 1. The maximum atomic E-state index is 5.57. The molecule has 1 aromatic heterocycles. The lowest BCUT2D eigenvalue weighted by Crippen LogP contribution is -1.98. The first-order valence-electron chi connectivity index (χ1n) is 4.73. The van der Waals surface area contributed by atoms with Crippen molar-refractivity contribution >= 4 is 16.9 Å². The van der Waals surface area contributed by atoms with Gasteiger partial charge in [-0.2, -0.15) is 0 Å². The van der Waals surface area contributed by atoms with E-state index in [9.17, 15) is 0 Å². The first kappa shape index (κ1) is 8.94. The Labute approximate surface area is 83.0 Å². The number of nitrogen functional groups attached to an aromatic ring is 1. The molecule has 1 aromatic carbocycles. The van der Waals surface area contributed by atoms with Crippen LogP contribution >= 0.6 is 0 Å². The van der Waals surface area contributed by atoms with E-state index < -0.39 is 0 Å². The number of aryl methyl sites for hydroxylation is 2. The van der Waals surface area contributed by atoms with Crippen molar-refractivity contribution in [2.24, 2.45) is 0 Å². The largest absolute Gasteiger partial charge is 0.368 e. The Bertz CT molecular complexity index is 477. The second-order valence-electron chi connectivity index (χ2n) is 3.37.